The number of hydrogen-bond acceptors (Lipinski definition) is 3. The SMILES string of the molecule is COc1cccc(CCC(=O)C(C)(C)C)n1. The van der Waals surface area contributed by atoms with Crippen molar-refractivity contribution in [2.24, 2.45) is 5.41 Å². The van der Waals surface area contributed by atoms with Gasteiger partial charge in [0.15, 0.2) is 0 Å². The van der Waals surface area contributed by atoms with Crippen LogP contribution in [0.25, 0.3) is 0 Å². The largest absolute Gasteiger partial charge is 0.481 e. The summed E-state index contributed by atoms with van der Waals surface area (Å²) in [5, 5.41) is 0. The van der Waals surface area contributed by atoms with Crippen LogP contribution in [0.3, 0.4) is 0 Å². The highest BCUT2D eigenvalue weighted by molar-refractivity contribution is 5.83. The monoisotopic (exact) mass is 221 g/mol. The van der Waals surface area contributed by atoms with E-state index in [4.69, 9.17) is 4.74 Å². The second-order valence-electron chi connectivity index (χ2n) is 4.84. The fraction of sp³-hybridized carbons (Fsp3) is 0.538. The van der Waals surface area contributed by atoms with E-state index in [1.54, 1.807) is 13.2 Å². The minimum absolute atomic E-state index is 0.261. The summed E-state index contributed by atoms with van der Waals surface area (Å²) in [6.45, 7) is 5.82. The van der Waals surface area contributed by atoms with Crippen LogP contribution < -0.4 is 4.74 Å². The summed E-state index contributed by atoms with van der Waals surface area (Å²) in [6.07, 6.45) is 1.21. The van der Waals surface area contributed by atoms with E-state index >= 15 is 0 Å². The number of carbonyl (C=O) groups excluding carboxylic acids is 1. The Morgan fingerprint density at radius 3 is 2.62 bits per heavy atom. The lowest BCUT2D eigenvalue weighted by molar-refractivity contribution is -0.126. The third-order valence-electron chi connectivity index (χ3n) is 2.44. The molecule has 0 aromatic carbocycles. The normalized spacial score (nSPS) is 11.2. The molecule has 0 saturated carbocycles. The van der Waals surface area contributed by atoms with Crippen molar-refractivity contribution >= 4 is 5.78 Å². The first-order chi connectivity index (χ1) is 7.43. The first kappa shape index (κ1) is 12.7. The topological polar surface area (TPSA) is 39.2 Å². The summed E-state index contributed by atoms with van der Waals surface area (Å²) in [4.78, 5) is 16.0. The number of aromatic nitrogens is 1. The Kier molecular flexibility index (Phi) is 4.05. The maximum atomic E-state index is 11.7. The number of Topliss-reactive ketones (excluding diaryl/α,β-unsaturated/α-hetero) is 1. The van der Waals surface area contributed by atoms with Crippen molar-refractivity contribution in [3.63, 3.8) is 0 Å². The molecule has 0 radical (unpaired) electrons. The third kappa shape index (κ3) is 3.65. The number of ether oxygens (including phenoxy) is 1. The van der Waals surface area contributed by atoms with Crippen molar-refractivity contribution in [3.8, 4) is 5.88 Å². The highest BCUT2D eigenvalue weighted by Gasteiger charge is 2.20. The van der Waals surface area contributed by atoms with Gasteiger partial charge in [-0.05, 0) is 12.5 Å². The second-order valence-corrected chi connectivity index (χ2v) is 4.84. The zero-order valence-electron chi connectivity index (χ0n) is 10.4. The Morgan fingerprint density at radius 2 is 2.06 bits per heavy atom. The summed E-state index contributed by atoms with van der Waals surface area (Å²) in [7, 11) is 1.59. The fourth-order valence-corrected chi connectivity index (χ4v) is 1.33. The molecule has 0 fully saturated rings. The molecule has 0 aliphatic carbocycles. The highest BCUT2D eigenvalue weighted by atomic mass is 16.5. The molecule has 1 heterocycles. The van der Waals surface area contributed by atoms with Crippen molar-refractivity contribution in [1.82, 2.24) is 4.98 Å². The predicted molar refractivity (Wildman–Crippen MR) is 63.6 cm³/mol. The summed E-state index contributed by atoms with van der Waals surface area (Å²) < 4.78 is 5.03. The van der Waals surface area contributed by atoms with E-state index in [0.29, 0.717) is 18.7 Å². The molecule has 0 amide bonds. The zero-order chi connectivity index (χ0) is 12.2. The molecule has 0 atom stereocenters. The molecular formula is C13H19NO2. The van der Waals surface area contributed by atoms with Crippen LogP contribution in [0.2, 0.25) is 0 Å². The summed E-state index contributed by atoms with van der Waals surface area (Å²) in [5.74, 6) is 0.859. The molecule has 0 aliphatic heterocycles. The van der Waals surface area contributed by atoms with Crippen LogP contribution in [-0.4, -0.2) is 17.9 Å². The molecule has 16 heavy (non-hydrogen) atoms. The van der Waals surface area contributed by atoms with Gasteiger partial charge in [0.25, 0.3) is 0 Å². The lowest BCUT2D eigenvalue weighted by Crippen LogP contribution is -2.20. The van der Waals surface area contributed by atoms with Crippen LogP contribution in [0.15, 0.2) is 18.2 Å². The molecule has 88 valence electrons. The number of pyridine rings is 1. The zero-order valence-corrected chi connectivity index (χ0v) is 10.4. The Labute approximate surface area is 96.8 Å². The van der Waals surface area contributed by atoms with Gasteiger partial charge < -0.3 is 4.74 Å². The molecule has 0 spiro atoms. The van der Waals surface area contributed by atoms with E-state index in [0.717, 1.165) is 5.69 Å². The van der Waals surface area contributed by atoms with Crippen LogP contribution in [0, 0.1) is 5.41 Å². The van der Waals surface area contributed by atoms with Gasteiger partial charge in [-0.1, -0.05) is 26.8 Å². The van der Waals surface area contributed by atoms with Crippen molar-refractivity contribution in [3.05, 3.63) is 23.9 Å². The van der Waals surface area contributed by atoms with Crippen molar-refractivity contribution in [2.45, 2.75) is 33.6 Å². The Balaban J connectivity index is 2.58. The van der Waals surface area contributed by atoms with Crippen LogP contribution in [-0.2, 0) is 11.2 Å². The maximum Gasteiger partial charge on any atom is 0.213 e. The van der Waals surface area contributed by atoms with Crippen molar-refractivity contribution in [2.75, 3.05) is 7.11 Å². The quantitative estimate of drug-likeness (QED) is 0.784. The predicted octanol–water partition coefficient (Wildman–Crippen LogP) is 2.64. The van der Waals surface area contributed by atoms with E-state index < -0.39 is 0 Å². The molecule has 0 unspecified atom stereocenters. The molecule has 3 heteroatoms. The summed E-state index contributed by atoms with van der Waals surface area (Å²) >= 11 is 0. The van der Waals surface area contributed by atoms with Gasteiger partial charge in [0.1, 0.15) is 5.78 Å². The van der Waals surface area contributed by atoms with Crippen LogP contribution in [0.4, 0.5) is 0 Å². The van der Waals surface area contributed by atoms with E-state index in [2.05, 4.69) is 4.98 Å². The van der Waals surface area contributed by atoms with E-state index in [1.807, 2.05) is 32.9 Å². The van der Waals surface area contributed by atoms with E-state index in [1.165, 1.54) is 0 Å². The molecular weight excluding hydrogens is 202 g/mol. The van der Waals surface area contributed by atoms with Crippen LogP contribution in [0.1, 0.15) is 32.9 Å². The fourth-order valence-electron chi connectivity index (χ4n) is 1.33. The number of rotatable bonds is 4. The first-order valence-electron chi connectivity index (χ1n) is 5.46. The van der Waals surface area contributed by atoms with E-state index in [-0.39, 0.29) is 11.2 Å². The summed E-state index contributed by atoms with van der Waals surface area (Å²) in [5.41, 5.74) is 0.635. The summed E-state index contributed by atoms with van der Waals surface area (Å²) in [6, 6.07) is 5.61. The molecule has 0 bridgehead atoms. The third-order valence-corrected chi connectivity index (χ3v) is 2.44. The van der Waals surface area contributed by atoms with Gasteiger partial charge in [0, 0.05) is 23.6 Å². The Hall–Kier alpha value is -1.38. The van der Waals surface area contributed by atoms with Crippen LogP contribution in [0.5, 0.6) is 5.88 Å². The maximum absolute atomic E-state index is 11.7. The highest BCUT2D eigenvalue weighted by Crippen LogP contribution is 2.18. The molecule has 0 saturated heterocycles. The second kappa shape index (κ2) is 5.10. The average molecular weight is 221 g/mol. The number of carbonyl (C=O) groups is 1. The van der Waals surface area contributed by atoms with Crippen molar-refractivity contribution in [1.29, 1.82) is 0 Å². The average Bonchev–Trinajstić information content (AvgIpc) is 2.25. The molecule has 1 aromatic rings. The van der Waals surface area contributed by atoms with Gasteiger partial charge in [-0.15, -0.1) is 0 Å². The van der Waals surface area contributed by atoms with Gasteiger partial charge in [-0.25, -0.2) is 4.98 Å². The standard InChI is InChI=1S/C13H19NO2/c1-13(2,3)11(15)9-8-10-6-5-7-12(14-10)16-4/h5-7H,8-9H2,1-4H3. The minimum Gasteiger partial charge on any atom is -0.481 e. The van der Waals surface area contributed by atoms with E-state index in [9.17, 15) is 4.79 Å². The number of hydrogen-bond donors (Lipinski definition) is 0. The van der Waals surface area contributed by atoms with Crippen molar-refractivity contribution < 1.29 is 9.53 Å². The molecule has 1 rings (SSSR count). The number of aryl methyl sites for hydroxylation is 1. The van der Waals surface area contributed by atoms with Gasteiger partial charge >= 0.3 is 0 Å². The minimum atomic E-state index is -0.265. The van der Waals surface area contributed by atoms with Crippen LogP contribution >= 0.6 is 0 Å². The first-order valence-corrected chi connectivity index (χ1v) is 5.46. The Bertz CT molecular complexity index is 366. The van der Waals surface area contributed by atoms with Gasteiger partial charge in [0.2, 0.25) is 5.88 Å². The molecule has 0 N–H and O–H groups in total. The molecule has 3 nitrogen and oxygen atoms in total. The number of methoxy groups -OCH3 is 1. The molecule has 0 aliphatic rings. The smallest absolute Gasteiger partial charge is 0.213 e. The lowest BCUT2D eigenvalue weighted by Gasteiger charge is -2.16. The Morgan fingerprint density at radius 1 is 1.38 bits per heavy atom. The molecule has 1 aromatic heterocycles. The number of ketones is 1. The van der Waals surface area contributed by atoms with Gasteiger partial charge in [-0.3, -0.25) is 4.79 Å². The van der Waals surface area contributed by atoms with Gasteiger partial charge in [-0.2, -0.15) is 0 Å². The number of nitrogens with zero attached hydrogens (tertiary/aromatic N) is 1. The van der Waals surface area contributed by atoms with Gasteiger partial charge in [0.05, 0.1) is 7.11 Å². The lowest BCUT2D eigenvalue weighted by atomic mass is 9.88.